The van der Waals surface area contributed by atoms with E-state index in [0.717, 1.165) is 10.5 Å². The van der Waals surface area contributed by atoms with Crippen LogP contribution in [-0.2, 0) is 0 Å². The predicted octanol–water partition coefficient (Wildman–Crippen LogP) is 5.22. The fourth-order valence-electron chi connectivity index (χ4n) is 4.38. The number of nitrogens with zero attached hydrogens (tertiary/aromatic N) is 2. The van der Waals surface area contributed by atoms with Crippen LogP contribution in [0.2, 0.25) is 0 Å². The summed E-state index contributed by atoms with van der Waals surface area (Å²) >= 11 is 0. The molecule has 0 spiro atoms. The van der Waals surface area contributed by atoms with Gasteiger partial charge in [-0.3, -0.25) is 19.7 Å². The monoisotopic (exact) mass is 452 g/mol. The molecule has 0 saturated heterocycles. The maximum atomic E-state index is 13.5. The van der Waals surface area contributed by atoms with E-state index in [0.29, 0.717) is 22.0 Å². The van der Waals surface area contributed by atoms with Crippen LogP contribution in [0.3, 0.4) is 0 Å². The Morgan fingerprint density at radius 3 is 2.24 bits per heavy atom. The number of anilines is 1. The van der Waals surface area contributed by atoms with Crippen LogP contribution in [0.4, 0.5) is 11.4 Å². The van der Waals surface area contributed by atoms with E-state index in [9.17, 15) is 29.6 Å². The summed E-state index contributed by atoms with van der Waals surface area (Å²) < 4.78 is 0. The Balaban J connectivity index is 1.80. The van der Waals surface area contributed by atoms with Crippen molar-refractivity contribution in [3.05, 3.63) is 105 Å². The number of carboxylic acids is 1. The first kappa shape index (κ1) is 21.0. The first-order valence-electron chi connectivity index (χ1n) is 10.3. The van der Waals surface area contributed by atoms with E-state index in [1.165, 1.54) is 30.3 Å². The third-order valence-electron chi connectivity index (χ3n) is 5.88. The Morgan fingerprint density at radius 1 is 0.912 bits per heavy atom. The molecule has 4 aromatic carbocycles. The van der Waals surface area contributed by atoms with Crippen molar-refractivity contribution >= 4 is 39.9 Å². The van der Waals surface area contributed by atoms with Crippen LogP contribution >= 0.6 is 0 Å². The van der Waals surface area contributed by atoms with Gasteiger partial charge in [0.15, 0.2) is 0 Å². The average molecular weight is 452 g/mol. The zero-order valence-electron chi connectivity index (χ0n) is 17.8. The number of nitro groups is 1. The molecule has 1 aliphatic rings. The van der Waals surface area contributed by atoms with Crippen molar-refractivity contribution in [3.63, 3.8) is 0 Å². The van der Waals surface area contributed by atoms with Crippen LogP contribution in [0.1, 0.15) is 36.6 Å². The van der Waals surface area contributed by atoms with Gasteiger partial charge in [0, 0.05) is 17.0 Å². The SMILES string of the molecule is Cc1cccc(N2C(=O)c3cccc4c(-c5ccc(C(=O)O)cc5)c([N+](=O)[O-])cc(c34)C2=O)c1. The van der Waals surface area contributed by atoms with Crippen molar-refractivity contribution in [2.45, 2.75) is 6.92 Å². The molecule has 0 atom stereocenters. The van der Waals surface area contributed by atoms with Crippen molar-refractivity contribution in [3.8, 4) is 11.1 Å². The number of aromatic carboxylic acids is 1. The second-order valence-electron chi connectivity index (χ2n) is 7.97. The van der Waals surface area contributed by atoms with Gasteiger partial charge in [0.25, 0.3) is 17.5 Å². The molecule has 0 radical (unpaired) electrons. The van der Waals surface area contributed by atoms with Crippen LogP contribution < -0.4 is 4.90 Å². The molecule has 0 unspecified atom stereocenters. The quantitative estimate of drug-likeness (QED) is 0.258. The minimum atomic E-state index is -1.12. The van der Waals surface area contributed by atoms with Crippen LogP contribution in [-0.4, -0.2) is 27.8 Å². The molecule has 1 N–H and O–H groups in total. The second kappa shape index (κ2) is 7.63. The van der Waals surface area contributed by atoms with E-state index in [1.54, 1.807) is 36.4 Å². The third-order valence-corrected chi connectivity index (χ3v) is 5.88. The number of carbonyl (C=O) groups excluding carboxylic acids is 2. The van der Waals surface area contributed by atoms with E-state index >= 15 is 0 Å². The van der Waals surface area contributed by atoms with E-state index in [4.69, 9.17) is 0 Å². The number of nitro benzene ring substituents is 1. The topological polar surface area (TPSA) is 118 Å². The van der Waals surface area contributed by atoms with Crippen molar-refractivity contribution in [1.82, 2.24) is 0 Å². The molecule has 1 heterocycles. The fourth-order valence-corrected chi connectivity index (χ4v) is 4.38. The minimum Gasteiger partial charge on any atom is -0.478 e. The molecule has 5 rings (SSSR count). The summed E-state index contributed by atoms with van der Waals surface area (Å²) in [6.07, 6.45) is 0. The Labute approximate surface area is 192 Å². The van der Waals surface area contributed by atoms with Gasteiger partial charge in [-0.25, -0.2) is 9.69 Å². The van der Waals surface area contributed by atoms with Gasteiger partial charge in [-0.15, -0.1) is 0 Å². The van der Waals surface area contributed by atoms with E-state index in [1.807, 2.05) is 13.0 Å². The number of rotatable bonds is 4. The number of benzene rings is 4. The molecule has 4 aromatic rings. The van der Waals surface area contributed by atoms with Gasteiger partial charge >= 0.3 is 5.97 Å². The van der Waals surface area contributed by atoms with Gasteiger partial charge in [-0.1, -0.05) is 36.4 Å². The van der Waals surface area contributed by atoms with Gasteiger partial charge in [0.05, 0.1) is 27.3 Å². The summed E-state index contributed by atoms with van der Waals surface area (Å²) in [4.78, 5) is 50.7. The van der Waals surface area contributed by atoms with Crippen LogP contribution in [0.5, 0.6) is 0 Å². The highest BCUT2D eigenvalue weighted by Gasteiger charge is 2.37. The zero-order valence-corrected chi connectivity index (χ0v) is 17.8. The van der Waals surface area contributed by atoms with Crippen LogP contribution in [0.15, 0.2) is 72.8 Å². The molecule has 0 aromatic heterocycles. The lowest BCUT2D eigenvalue weighted by atomic mass is 9.87. The molecule has 0 bridgehead atoms. The number of carbonyl (C=O) groups is 3. The molecule has 1 aliphatic heterocycles. The largest absolute Gasteiger partial charge is 0.478 e. The van der Waals surface area contributed by atoms with Crippen molar-refractivity contribution < 1.29 is 24.4 Å². The Kier molecular flexibility index (Phi) is 4.72. The fraction of sp³-hybridized carbons (Fsp3) is 0.0385. The molecule has 0 aliphatic carbocycles. The Bertz CT molecular complexity index is 1560. The predicted molar refractivity (Wildman–Crippen MR) is 125 cm³/mol. The van der Waals surface area contributed by atoms with Crippen molar-refractivity contribution in [1.29, 1.82) is 0 Å². The molecule has 0 fully saturated rings. The number of hydrogen-bond acceptors (Lipinski definition) is 5. The minimum absolute atomic E-state index is 0.0355. The first-order valence-corrected chi connectivity index (χ1v) is 10.3. The number of amides is 2. The van der Waals surface area contributed by atoms with E-state index < -0.39 is 22.7 Å². The molecule has 34 heavy (non-hydrogen) atoms. The lowest BCUT2D eigenvalue weighted by Gasteiger charge is -2.28. The average Bonchev–Trinajstić information content (AvgIpc) is 2.82. The van der Waals surface area contributed by atoms with Gasteiger partial charge in [-0.05, 0) is 53.8 Å². The summed E-state index contributed by atoms with van der Waals surface area (Å²) in [5, 5.41) is 22.0. The van der Waals surface area contributed by atoms with E-state index in [-0.39, 0.29) is 27.9 Å². The molecular weight excluding hydrogens is 436 g/mol. The molecule has 0 saturated carbocycles. The molecular formula is C26H16N2O6. The zero-order chi connectivity index (χ0) is 24.1. The number of aryl methyl sites for hydroxylation is 1. The van der Waals surface area contributed by atoms with Gasteiger partial charge in [0.1, 0.15) is 0 Å². The highest BCUT2D eigenvalue weighted by molar-refractivity contribution is 6.37. The van der Waals surface area contributed by atoms with Gasteiger partial charge in [0.2, 0.25) is 0 Å². The second-order valence-corrected chi connectivity index (χ2v) is 7.97. The molecule has 8 nitrogen and oxygen atoms in total. The highest BCUT2D eigenvalue weighted by atomic mass is 16.6. The Hall–Kier alpha value is -4.85. The third kappa shape index (κ3) is 3.12. The maximum Gasteiger partial charge on any atom is 0.335 e. The van der Waals surface area contributed by atoms with Crippen molar-refractivity contribution in [2.75, 3.05) is 4.90 Å². The molecule has 166 valence electrons. The summed E-state index contributed by atoms with van der Waals surface area (Å²) in [5.74, 6) is -2.28. The first-order chi connectivity index (χ1) is 16.3. The van der Waals surface area contributed by atoms with Crippen LogP contribution in [0, 0.1) is 17.0 Å². The smallest absolute Gasteiger partial charge is 0.335 e. The van der Waals surface area contributed by atoms with E-state index in [2.05, 4.69) is 0 Å². The van der Waals surface area contributed by atoms with Gasteiger partial charge in [-0.2, -0.15) is 0 Å². The van der Waals surface area contributed by atoms with Gasteiger partial charge < -0.3 is 5.11 Å². The molecule has 2 amide bonds. The summed E-state index contributed by atoms with van der Waals surface area (Å²) in [7, 11) is 0. The number of imide groups is 1. The number of hydrogen-bond donors (Lipinski definition) is 1. The summed E-state index contributed by atoms with van der Waals surface area (Å²) in [5.41, 5.74) is 1.90. The standard InChI is InChI=1S/C26H16N2O6/c1-14-4-2-5-17(12-14)27-24(29)19-7-3-6-18-22(15-8-10-16(11-9-15)26(31)32)21(28(33)34)13-20(23(18)19)25(27)30/h2-13H,1H3,(H,31,32). The number of carboxylic acid groups (broad SMARTS) is 1. The summed E-state index contributed by atoms with van der Waals surface area (Å²) in [6, 6.07) is 18.6. The van der Waals surface area contributed by atoms with Crippen LogP contribution in [0.25, 0.3) is 21.9 Å². The lowest BCUT2D eigenvalue weighted by Crippen LogP contribution is -2.40. The lowest BCUT2D eigenvalue weighted by molar-refractivity contribution is -0.384. The highest BCUT2D eigenvalue weighted by Crippen LogP contribution is 2.43. The molecule has 8 heteroatoms. The van der Waals surface area contributed by atoms with Crippen molar-refractivity contribution in [2.24, 2.45) is 0 Å². The summed E-state index contributed by atoms with van der Waals surface area (Å²) in [6.45, 7) is 1.84. The maximum absolute atomic E-state index is 13.5. The Morgan fingerprint density at radius 2 is 1.59 bits per heavy atom. The normalized spacial score (nSPS) is 12.8.